The summed E-state index contributed by atoms with van der Waals surface area (Å²) in [5, 5.41) is 0.724. The van der Waals surface area contributed by atoms with Crippen molar-refractivity contribution < 1.29 is 13.9 Å². The average molecular weight is 461 g/mol. The van der Waals surface area contributed by atoms with Gasteiger partial charge < -0.3 is 9.15 Å². The molecule has 0 saturated heterocycles. The molecule has 0 bridgehead atoms. The number of carbonyl (C=O) groups excluding carboxylic acids is 1. The van der Waals surface area contributed by atoms with Gasteiger partial charge >= 0.3 is 11.6 Å². The van der Waals surface area contributed by atoms with Crippen LogP contribution in [0.25, 0.3) is 11.0 Å². The van der Waals surface area contributed by atoms with Gasteiger partial charge in [-0.05, 0) is 36.9 Å². The standard InChI is InChI=1S/C13H12O4S.C7H8.C3H8.2C2H6/c1-16-12(14)10-6-9-5-8(7-18-2)3-4-11(9)17-13(10)15;1-7-5-3-2-4-6-7;1-3-2;2*1-2/h3-6H,7H2,1-2H3;2-6H,1H3;3H2,1-2H3;2*1-2H3. The Labute approximate surface area is 198 Å². The van der Waals surface area contributed by atoms with Crippen molar-refractivity contribution in [3.8, 4) is 0 Å². The summed E-state index contributed by atoms with van der Waals surface area (Å²) in [7, 11) is 1.23. The number of methoxy groups -OCH3 is 1. The number of esters is 1. The van der Waals surface area contributed by atoms with Gasteiger partial charge in [-0.15, -0.1) is 0 Å². The van der Waals surface area contributed by atoms with E-state index in [1.165, 1.54) is 25.2 Å². The lowest BCUT2D eigenvalue weighted by Gasteiger charge is -2.03. The van der Waals surface area contributed by atoms with Gasteiger partial charge in [0, 0.05) is 11.1 Å². The molecule has 4 nitrogen and oxygen atoms in total. The largest absolute Gasteiger partial charge is 0.465 e. The minimum Gasteiger partial charge on any atom is -0.465 e. The number of thioether (sulfide) groups is 1. The van der Waals surface area contributed by atoms with Crippen LogP contribution in [0.4, 0.5) is 0 Å². The molecule has 178 valence electrons. The van der Waals surface area contributed by atoms with Gasteiger partial charge in [0.15, 0.2) is 0 Å². The number of fused-ring (bicyclic) bond motifs is 1. The summed E-state index contributed by atoms with van der Waals surface area (Å²) in [6.07, 6.45) is 3.26. The van der Waals surface area contributed by atoms with Gasteiger partial charge in [0.1, 0.15) is 11.1 Å². The van der Waals surface area contributed by atoms with Gasteiger partial charge in [-0.1, -0.05) is 89.9 Å². The summed E-state index contributed by atoms with van der Waals surface area (Å²) in [5.41, 5.74) is 2.15. The van der Waals surface area contributed by atoms with Crippen molar-refractivity contribution in [1.29, 1.82) is 0 Å². The van der Waals surface area contributed by atoms with Crippen LogP contribution in [-0.4, -0.2) is 19.3 Å². The molecule has 0 N–H and O–H groups in total. The van der Waals surface area contributed by atoms with Crippen molar-refractivity contribution in [3.05, 3.63) is 81.7 Å². The summed E-state index contributed by atoms with van der Waals surface area (Å²) in [6, 6.07) is 17.3. The predicted octanol–water partition coefficient (Wildman–Crippen LogP) is 7.91. The molecule has 0 unspecified atom stereocenters. The number of benzene rings is 2. The fourth-order valence-corrected chi connectivity index (χ4v) is 2.73. The Morgan fingerprint density at radius 2 is 1.53 bits per heavy atom. The van der Waals surface area contributed by atoms with Crippen LogP contribution in [0.3, 0.4) is 0 Å². The van der Waals surface area contributed by atoms with Gasteiger partial charge in [-0.25, -0.2) is 9.59 Å². The SMILES string of the molecule is CC.CC.CCC.COC(=O)c1cc2cc(CSC)ccc2oc1=O.Cc1ccccc1. The van der Waals surface area contributed by atoms with Crippen molar-refractivity contribution in [2.24, 2.45) is 0 Å². The number of aryl methyl sites for hydroxylation is 1. The third kappa shape index (κ3) is 12.4. The van der Waals surface area contributed by atoms with Crippen LogP contribution in [0.15, 0.2) is 63.8 Å². The molecular formula is C27H40O4S. The van der Waals surface area contributed by atoms with E-state index < -0.39 is 11.6 Å². The topological polar surface area (TPSA) is 56.5 Å². The van der Waals surface area contributed by atoms with E-state index >= 15 is 0 Å². The van der Waals surface area contributed by atoms with E-state index in [1.54, 1.807) is 17.8 Å². The molecule has 1 heterocycles. The van der Waals surface area contributed by atoms with E-state index in [4.69, 9.17) is 4.42 Å². The molecule has 2 aromatic carbocycles. The van der Waals surface area contributed by atoms with Gasteiger partial charge in [0.25, 0.3) is 0 Å². The monoisotopic (exact) mass is 460 g/mol. The number of carbonyl (C=O) groups is 1. The second-order valence-electron chi connectivity index (χ2n) is 6.11. The normalized spacial score (nSPS) is 8.78. The predicted molar refractivity (Wildman–Crippen MR) is 141 cm³/mol. The molecule has 0 aliphatic heterocycles. The number of hydrogen-bond donors (Lipinski definition) is 0. The maximum atomic E-state index is 11.6. The fraction of sp³-hybridized carbons (Fsp3) is 0.407. The Morgan fingerprint density at radius 1 is 0.969 bits per heavy atom. The first-order valence-corrected chi connectivity index (χ1v) is 12.5. The molecule has 0 fully saturated rings. The van der Waals surface area contributed by atoms with Crippen molar-refractivity contribution in [1.82, 2.24) is 0 Å². The first kappa shape index (κ1) is 31.7. The van der Waals surface area contributed by atoms with Crippen LogP contribution in [0.5, 0.6) is 0 Å². The highest BCUT2D eigenvalue weighted by Crippen LogP contribution is 2.18. The maximum absolute atomic E-state index is 11.6. The average Bonchev–Trinajstić information content (AvgIpc) is 2.82. The van der Waals surface area contributed by atoms with Crippen LogP contribution in [0.1, 0.15) is 69.4 Å². The van der Waals surface area contributed by atoms with E-state index in [-0.39, 0.29) is 5.56 Å². The maximum Gasteiger partial charge on any atom is 0.351 e. The van der Waals surface area contributed by atoms with Crippen LogP contribution in [-0.2, 0) is 10.5 Å². The highest BCUT2D eigenvalue weighted by molar-refractivity contribution is 7.97. The van der Waals surface area contributed by atoms with E-state index in [2.05, 4.69) is 37.6 Å². The molecule has 0 atom stereocenters. The van der Waals surface area contributed by atoms with Gasteiger partial charge in [-0.2, -0.15) is 11.8 Å². The highest BCUT2D eigenvalue weighted by atomic mass is 32.2. The van der Waals surface area contributed by atoms with Crippen LogP contribution in [0, 0.1) is 6.92 Å². The number of ether oxygens (including phenoxy) is 1. The zero-order valence-corrected chi connectivity index (χ0v) is 22.0. The zero-order chi connectivity index (χ0) is 24.9. The molecule has 0 amide bonds. The van der Waals surface area contributed by atoms with E-state index in [0.717, 1.165) is 16.7 Å². The van der Waals surface area contributed by atoms with Crippen molar-refractivity contribution in [3.63, 3.8) is 0 Å². The van der Waals surface area contributed by atoms with Crippen LogP contribution < -0.4 is 5.63 Å². The Balaban J connectivity index is 0. The second-order valence-corrected chi connectivity index (χ2v) is 6.97. The van der Waals surface area contributed by atoms with Crippen LogP contribution in [0.2, 0.25) is 0 Å². The third-order valence-corrected chi connectivity index (χ3v) is 4.08. The molecule has 0 aliphatic carbocycles. The minimum atomic E-state index is -0.680. The molecule has 32 heavy (non-hydrogen) atoms. The molecule has 0 aliphatic rings. The lowest BCUT2D eigenvalue weighted by molar-refractivity contribution is 0.0596. The summed E-state index contributed by atoms with van der Waals surface area (Å²) in [6.45, 7) is 14.3. The van der Waals surface area contributed by atoms with Crippen molar-refractivity contribution >= 4 is 28.7 Å². The quantitative estimate of drug-likeness (QED) is 0.293. The fourth-order valence-electron chi connectivity index (χ4n) is 2.22. The Hall–Kier alpha value is -2.53. The van der Waals surface area contributed by atoms with Crippen molar-refractivity contribution in [2.75, 3.05) is 13.4 Å². The molecule has 0 radical (unpaired) electrons. The summed E-state index contributed by atoms with van der Waals surface area (Å²) in [5.74, 6) is 0.184. The third-order valence-electron chi connectivity index (χ3n) is 3.45. The zero-order valence-electron chi connectivity index (χ0n) is 21.2. The molecule has 0 spiro atoms. The molecule has 3 aromatic rings. The molecule has 0 saturated carbocycles. The molecule has 1 aromatic heterocycles. The summed E-state index contributed by atoms with van der Waals surface area (Å²) < 4.78 is 9.63. The highest BCUT2D eigenvalue weighted by Gasteiger charge is 2.13. The number of rotatable bonds is 3. The molecular weight excluding hydrogens is 420 g/mol. The number of hydrogen-bond acceptors (Lipinski definition) is 5. The van der Waals surface area contributed by atoms with Gasteiger partial charge in [-0.3, -0.25) is 0 Å². The summed E-state index contributed by atoms with van der Waals surface area (Å²) in [4.78, 5) is 23.0. The second kappa shape index (κ2) is 20.4. The Morgan fingerprint density at radius 3 is 1.97 bits per heavy atom. The summed E-state index contributed by atoms with van der Waals surface area (Å²) >= 11 is 1.70. The Kier molecular flexibility index (Phi) is 20.2. The molecule has 3 rings (SSSR count). The molecule has 5 heteroatoms. The minimum absolute atomic E-state index is 0.0775. The van der Waals surface area contributed by atoms with E-state index in [9.17, 15) is 9.59 Å². The first-order chi connectivity index (χ1) is 15.5. The lowest BCUT2D eigenvalue weighted by atomic mass is 10.1. The first-order valence-electron chi connectivity index (χ1n) is 11.1. The van der Waals surface area contributed by atoms with E-state index in [1.807, 2.05) is 64.3 Å². The Bertz CT molecular complexity index is 918. The van der Waals surface area contributed by atoms with Gasteiger partial charge in [0.2, 0.25) is 0 Å². The lowest BCUT2D eigenvalue weighted by Crippen LogP contribution is -2.14. The van der Waals surface area contributed by atoms with Crippen LogP contribution >= 0.6 is 11.8 Å². The smallest absolute Gasteiger partial charge is 0.351 e. The van der Waals surface area contributed by atoms with Crippen molar-refractivity contribution in [2.45, 2.75) is 60.6 Å². The van der Waals surface area contributed by atoms with E-state index in [0.29, 0.717) is 5.58 Å². The van der Waals surface area contributed by atoms with Gasteiger partial charge in [0.05, 0.1) is 7.11 Å².